The van der Waals surface area contributed by atoms with Gasteiger partial charge in [-0.25, -0.2) is 0 Å². The molecule has 2 heterocycles. The Balaban J connectivity index is 1.32. The van der Waals surface area contributed by atoms with Gasteiger partial charge in [-0.1, -0.05) is 57.9 Å². The van der Waals surface area contributed by atoms with E-state index < -0.39 is 0 Å². The number of benzene rings is 1. The normalized spacial score (nSPS) is 21.4. The van der Waals surface area contributed by atoms with Gasteiger partial charge < -0.3 is 19.7 Å². The maximum Gasteiger partial charge on any atom is 0.272 e. The molecule has 6 nitrogen and oxygen atoms in total. The van der Waals surface area contributed by atoms with Crippen LogP contribution >= 0.6 is 0 Å². The van der Waals surface area contributed by atoms with Gasteiger partial charge in [-0.15, -0.1) is 0 Å². The van der Waals surface area contributed by atoms with Gasteiger partial charge in [0.1, 0.15) is 18.1 Å². The Hall–Kier alpha value is -2.44. The lowest BCUT2D eigenvalue weighted by Gasteiger charge is -2.38. The Morgan fingerprint density at radius 3 is 2.42 bits per heavy atom. The van der Waals surface area contributed by atoms with Gasteiger partial charge in [0.15, 0.2) is 0 Å². The van der Waals surface area contributed by atoms with Crippen LogP contribution < -0.4 is 10.1 Å². The van der Waals surface area contributed by atoms with Crippen LogP contribution in [0.25, 0.3) is 0 Å². The van der Waals surface area contributed by atoms with Crippen molar-refractivity contribution in [2.24, 2.45) is 0 Å². The second-order valence-corrected chi connectivity index (χ2v) is 11.4. The molecule has 6 heteroatoms. The first kappa shape index (κ1) is 26.6. The third kappa shape index (κ3) is 6.46. The number of likely N-dealkylation sites (tertiary alicyclic amines) is 1. The van der Waals surface area contributed by atoms with Crippen LogP contribution in [0.5, 0.6) is 5.75 Å². The Labute approximate surface area is 216 Å². The minimum atomic E-state index is -0.00151. The van der Waals surface area contributed by atoms with E-state index in [0.717, 1.165) is 43.5 Å². The molecule has 0 unspecified atom stereocenters. The van der Waals surface area contributed by atoms with Crippen molar-refractivity contribution in [3.8, 4) is 5.75 Å². The predicted molar refractivity (Wildman–Crippen MR) is 144 cm³/mol. The second-order valence-electron chi connectivity index (χ2n) is 11.4. The van der Waals surface area contributed by atoms with Crippen LogP contribution in [0.4, 0.5) is 0 Å². The van der Waals surface area contributed by atoms with Gasteiger partial charge in [0, 0.05) is 44.0 Å². The van der Waals surface area contributed by atoms with E-state index in [9.17, 15) is 4.79 Å². The molecule has 4 rings (SSSR count). The molecule has 1 aromatic heterocycles. The molecule has 1 aliphatic heterocycles. The summed E-state index contributed by atoms with van der Waals surface area (Å²) < 4.78 is 11.8. The SMILES string of the molecule is CO[C@H]1CCCC[C@H]1NC1CCN(C(=O)c2nccc(OCc3ccc(C(C)(C)C)cc3)c2C)CC1. The molecule has 1 amide bonds. The minimum Gasteiger partial charge on any atom is -0.488 e. The van der Waals surface area contributed by atoms with Crippen molar-refractivity contribution in [1.29, 1.82) is 0 Å². The average Bonchev–Trinajstić information content (AvgIpc) is 2.88. The van der Waals surface area contributed by atoms with E-state index in [1.54, 1.807) is 6.20 Å². The summed E-state index contributed by atoms with van der Waals surface area (Å²) in [7, 11) is 1.82. The van der Waals surface area contributed by atoms with Crippen LogP contribution in [0.15, 0.2) is 36.5 Å². The molecule has 0 bridgehead atoms. The van der Waals surface area contributed by atoms with Gasteiger partial charge in [-0.3, -0.25) is 9.78 Å². The number of methoxy groups -OCH3 is 1. The highest BCUT2D eigenvalue weighted by atomic mass is 16.5. The maximum absolute atomic E-state index is 13.3. The van der Waals surface area contributed by atoms with Gasteiger partial charge in [-0.2, -0.15) is 0 Å². The fourth-order valence-corrected chi connectivity index (χ4v) is 5.42. The molecule has 1 aliphatic carbocycles. The number of rotatable bonds is 7. The van der Waals surface area contributed by atoms with E-state index >= 15 is 0 Å². The molecular formula is C30H43N3O3. The molecule has 2 aliphatic rings. The number of amides is 1. The monoisotopic (exact) mass is 493 g/mol. The molecule has 1 N–H and O–H groups in total. The number of piperidine rings is 1. The van der Waals surface area contributed by atoms with Gasteiger partial charge >= 0.3 is 0 Å². The van der Waals surface area contributed by atoms with E-state index in [4.69, 9.17) is 9.47 Å². The summed E-state index contributed by atoms with van der Waals surface area (Å²) in [5.74, 6) is 0.714. The summed E-state index contributed by atoms with van der Waals surface area (Å²) in [5, 5.41) is 3.82. The topological polar surface area (TPSA) is 63.7 Å². The van der Waals surface area contributed by atoms with E-state index in [1.165, 1.54) is 24.8 Å². The number of hydrogen-bond acceptors (Lipinski definition) is 5. The zero-order valence-electron chi connectivity index (χ0n) is 22.7. The molecule has 2 aromatic rings. The molecule has 1 aromatic carbocycles. The molecule has 0 radical (unpaired) electrons. The highest BCUT2D eigenvalue weighted by molar-refractivity contribution is 5.94. The summed E-state index contributed by atoms with van der Waals surface area (Å²) >= 11 is 0. The number of carbonyl (C=O) groups excluding carboxylic acids is 1. The van der Waals surface area contributed by atoms with Crippen LogP contribution in [0.2, 0.25) is 0 Å². The quantitative estimate of drug-likeness (QED) is 0.558. The summed E-state index contributed by atoms with van der Waals surface area (Å²) in [5.41, 5.74) is 3.84. The van der Waals surface area contributed by atoms with E-state index in [1.807, 2.05) is 25.0 Å². The molecular weight excluding hydrogens is 450 g/mol. The molecule has 2 atom stereocenters. The lowest BCUT2D eigenvalue weighted by atomic mass is 9.87. The van der Waals surface area contributed by atoms with Crippen LogP contribution in [0.3, 0.4) is 0 Å². The highest BCUT2D eigenvalue weighted by Gasteiger charge is 2.30. The van der Waals surface area contributed by atoms with Crippen molar-refractivity contribution in [2.45, 2.75) is 96.4 Å². The molecule has 36 heavy (non-hydrogen) atoms. The van der Waals surface area contributed by atoms with Gasteiger partial charge in [0.2, 0.25) is 0 Å². The number of hydrogen-bond donors (Lipinski definition) is 1. The minimum absolute atomic E-state index is 0.00151. The lowest BCUT2D eigenvalue weighted by Crippen LogP contribution is -2.52. The van der Waals surface area contributed by atoms with Crippen molar-refractivity contribution in [2.75, 3.05) is 20.2 Å². The summed E-state index contributed by atoms with van der Waals surface area (Å²) in [4.78, 5) is 19.7. The third-order valence-electron chi connectivity index (χ3n) is 7.81. The molecule has 196 valence electrons. The Morgan fingerprint density at radius 1 is 1.06 bits per heavy atom. The van der Waals surface area contributed by atoms with Crippen LogP contribution in [-0.4, -0.2) is 54.2 Å². The van der Waals surface area contributed by atoms with E-state index in [0.29, 0.717) is 36.2 Å². The first-order chi connectivity index (χ1) is 17.3. The fourth-order valence-electron chi connectivity index (χ4n) is 5.42. The number of ether oxygens (including phenoxy) is 2. The second kappa shape index (κ2) is 11.7. The molecule has 2 fully saturated rings. The Kier molecular flexibility index (Phi) is 8.68. The first-order valence-electron chi connectivity index (χ1n) is 13.5. The standard InChI is InChI=1S/C30H43N3O3/c1-21-26(36-20-22-10-12-23(13-11-22)30(2,3)4)14-17-31-28(21)29(34)33-18-15-24(16-19-33)32-25-8-6-7-9-27(25)35-5/h10-14,17,24-25,27,32H,6-9,15-16,18-20H2,1-5H3/t25-,27+/m1/s1. The Morgan fingerprint density at radius 2 is 1.75 bits per heavy atom. The van der Waals surface area contributed by atoms with Crippen molar-refractivity contribution in [3.05, 3.63) is 58.9 Å². The smallest absolute Gasteiger partial charge is 0.272 e. The zero-order valence-corrected chi connectivity index (χ0v) is 22.7. The van der Waals surface area contributed by atoms with Crippen LogP contribution in [0, 0.1) is 6.92 Å². The summed E-state index contributed by atoms with van der Waals surface area (Å²) in [6.07, 6.45) is 8.73. The summed E-state index contributed by atoms with van der Waals surface area (Å²) in [6, 6.07) is 11.3. The van der Waals surface area contributed by atoms with E-state index in [2.05, 4.69) is 55.3 Å². The largest absolute Gasteiger partial charge is 0.488 e. The first-order valence-corrected chi connectivity index (χ1v) is 13.5. The highest BCUT2D eigenvalue weighted by Crippen LogP contribution is 2.26. The predicted octanol–water partition coefficient (Wildman–Crippen LogP) is 5.42. The number of nitrogens with one attached hydrogen (secondary N) is 1. The van der Waals surface area contributed by atoms with Gasteiger partial charge in [-0.05, 0) is 55.2 Å². The van der Waals surface area contributed by atoms with Crippen molar-refractivity contribution in [1.82, 2.24) is 15.2 Å². The van der Waals surface area contributed by atoms with E-state index in [-0.39, 0.29) is 11.3 Å². The van der Waals surface area contributed by atoms with Crippen LogP contribution in [-0.2, 0) is 16.8 Å². The number of pyridine rings is 1. The van der Waals surface area contributed by atoms with Crippen molar-refractivity contribution in [3.63, 3.8) is 0 Å². The Bertz CT molecular complexity index is 1010. The number of carbonyl (C=O) groups is 1. The van der Waals surface area contributed by atoms with Crippen molar-refractivity contribution >= 4 is 5.91 Å². The molecule has 0 spiro atoms. The number of nitrogens with zero attached hydrogens (tertiary/aromatic N) is 2. The molecule has 1 saturated heterocycles. The molecule has 1 saturated carbocycles. The summed E-state index contributed by atoms with van der Waals surface area (Å²) in [6.45, 7) is 10.5. The van der Waals surface area contributed by atoms with Gasteiger partial charge in [0.25, 0.3) is 5.91 Å². The van der Waals surface area contributed by atoms with Gasteiger partial charge in [0.05, 0.1) is 6.10 Å². The number of aromatic nitrogens is 1. The third-order valence-corrected chi connectivity index (χ3v) is 7.81. The van der Waals surface area contributed by atoms with Crippen molar-refractivity contribution < 1.29 is 14.3 Å². The maximum atomic E-state index is 13.3. The fraction of sp³-hybridized carbons (Fsp3) is 0.600. The lowest BCUT2D eigenvalue weighted by molar-refractivity contribution is 0.0329. The average molecular weight is 494 g/mol. The van der Waals surface area contributed by atoms with Crippen LogP contribution in [0.1, 0.15) is 86.5 Å². The zero-order chi connectivity index (χ0) is 25.7.